The minimum Gasteiger partial charge on any atom is -0.496 e. The lowest BCUT2D eigenvalue weighted by molar-refractivity contribution is 0.124. The zero-order valence-corrected chi connectivity index (χ0v) is 11.3. The first-order chi connectivity index (χ1) is 8.77. The van der Waals surface area contributed by atoms with Gasteiger partial charge in [0.1, 0.15) is 5.75 Å². The fraction of sp³-hybridized carbons (Fsp3) is 0.600. The number of ether oxygens (including phenoxy) is 1. The molecule has 0 radical (unpaired) electrons. The van der Waals surface area contributed by atoms with E-state index in [1.165, 1.54) is 18.4 Å². The third kappa shape index (κ3) is 2.68. The van der Waals surface area contributed by atoms with Crippen LogP contribution in [0.25, 0.3) is 0 Å². The molecule has 1 N–H and O–H groups in total. The van der Waals surface area contributed by atoms with Gasteiger partial charge in [-0.05, 0) is 37.9 Å². The van der Waals surface area contributed by atoms with Gasteiger partial charge >= 0.3 is 0 Å². The number of para-hydroxylation sites is 1. The van der Waals surface area contributed by atoms with Crippen LogP contribution < -0.4 is 4.74 Å². The number of aliphatic hydroxyl groups excluding tert-OH is 1. The molecule has 1 saturated heterocycles. The zero-order valence-electron chi connectivity index (χ0n) is 11.3. The van der Waals surface area contributed by atoms with E-state index < -0.39 is 0 Å². The van der Waals surface area contributed by atoms with Crippen LogP contribution in [0.5, 0.6) is 5.75 Å². The Morgan fingerprint density at radius 1 is 1.28 bits per heavy atom. The first kappa shape index (κ1) is 13.4. The third-order valence-corrected chi connectivity index (χ3v) is 3.82. The highest BCUT2D eigenvalue weighted by Gasteiger charge is 2.29. The first-order valence-corrected chi connectivity index (χ1v) is 6.75. The second-order valence-corrected chi connectivity index (χ2v) is 5.09. The van der Waals surface area contributed by atoms with Crippen molar-refractivity contribution in [3.05, 3.63) is 29.8 Å². The number of benzene rings is 1. The molecule has 1 aromatic carbocycles. The number of rotatable bonds is 5. The van der Waals surface area contributed by atoms with Gasteiger partial charge < -0.3 is 9.84 Å². The second-order valence-electron chi connectivity index (χ2n) is 5.09. The Morgan fingerprint density at radius 3 is 2.56 bits per heavy atom. The van der Waals surface area contributed by atoms with Crippen molar-refractivity contribution in [1.82, 2.24) is 4.90 Å². The highest BCUT2D eigenvalue weighted by Crippen LogP contribution is 2.36. The Labute approximate surface area is 109 Å². The highest BCUT2D eigenvalue weighted by atomic mass is 16.5. The molecule has 0 spiro atoms. The largest absolute Gasteiger partial charge is 0.496 e. The minimum absolute atomic E-state index is 0.208. The molecule has 100 valence electrons. The number of nitrogens with zero attached hydrogens (tertiary/aromatic N) is 1. The molecular weight excluding hydrogens is 226 g/mol. The van der Waals surface area contributed by atoms with Crippen molar-refractivity contribution >= 4 is 0 Å². The lowest BCUT2D eigenvalue weighted by Gasteiger charge is -2.33. The van der Waals surface area contributed by atoms with Crippen LogP contribution in [0.2, 0.25) is 0 Å². The molecule has 2 unspecified atom stereocenters. The number of methoxy groups -OCH3 is 1. The average molecular weight is 249 g/mol. The minimum atomic E-state index is 0.208. The van der Waals surface area contributed by atoms with Crippen molar-refractivity contribution in [3.8, 4) is 5.75 Å². The SMILES string of the molecule is COc1ccccc1C(C(C)CO)N1CCCC1. The molecule has 2 atom stereocenters. The van der Waals surface area contributed by atoms with Crippen molar-refractivity contribution in [2.24, 2.45) is 5.92 Å². The zero-order chi connectivity index (χ0) is 13.0. The average Bonchev–Trinajstić information content (AvgIpc) is 2.93. The van der Waals surface area contributed by atoms with Gasteiger partial charge in [-0.3, -0.25) is 4.90 Å². The molecular formula is C15H23NO2. The lowest BCUT2D eigenvalue weighted by Crippen LogP contribution is -2.32. The summed E-state index contributed by atoms with van der Waals surface area (Å²) in [5, 5.41) is 9.52. The number of hydrogen-bond donors (Lipinski definition) is 1. The van der Waals surface area contributed by atoms with Gasteiger partial charge in [-0.25, -0.2) is 0 Å². The summed E-state index contributed by atoms with van der Waals surface area (Å²) in [4.78, 5) is 2.47. The predicted molar refractivity (Wildman–Crippen MR) is 72.8 cm³/mol. The van der Waals surface area contributed by atoms with Gasteiger partial charge in [0.05, 0.1) is 7.11 Å². The molecule has 0 saturated carbocycles. The molecule has 1 fully saturated rings. The van der Waals surface area contributed by atoms with Gasteiger partial charge in [-0.1, -0.05) is 25.1 Å². The summed E-state index contributed by atoms with van der Waals surface area (Å²) in [6, 6.07) is 8.42. The maximum absolute atomic E-state index is 9.52. The Morgan fingerprint density at radius 2 is 1.94 bits per heavy atom. The lowest BCUT2D eigenvalue weighted by atomic mass is 9.93. The summed E-state index contributed by atoms with van der Waals surface area (Å²) in [6.45, 7) is 4.55. The van der Waals surface area contributed by atoms with E-state index >= 15 is 0 Å². The second kappa shape index (κ2) is 6.21. The molecule has 1 heterocycles. The Kier molecular flexibility index (Phi) is 4.61. The molecule has 3 nitrogen and oxygen atoms in total. The molecule has 1 aromatic rings. The molecule has 0 aliphatic carbocycles. The summed E-state index contributed by atoms with van der Waals surface area (Å²) in [5.41, 5.74) is 1.20. The summed E-state index contributed by atoms with van der Waals surface area (Å²) in [6.07, 6.45) is 2.51. The molecule has 0 amide bonds. The van der Waals surface area contributed by atoms with Crippen molar-refractivity contribution in [1.29, 1.82) is 0 Å². The monoisotopic (exact) mass is 249 g/mol. The highest BCUT2D eigenvalue weighted by molar-refractivity contribution is 5.36. The number of aliphatic hydroxyl groups is 1. The van der Waals surface area contributed by atoms with Crippen LogP contribution >= 0.6 is 0 Å². The van der Waals surface area contributed by atoms with Crippen molar-refractivity contribution < 1.29 is 9.84 Å². The number of likely N-dealkylation sites (tertiary alicyclic amines) is 1. The normalized spacial score (nSPS) is 19.7. The van der Waals surface area contributed by atoms with Crippen molar-refractivity contribution in [2.75, 3.05) is 26.8 Å². The smallest absolute Gasteiger partial charge is 0.123 e. The van der Waals surface area contributed by atoms with Crippen LogP contribution in [0.4, 0.5) is 0 Å². The van der Waals surface area contributed by atoms with E-state index in [9.17, 15) is 5.11 Å². The fourth-order valence-electron chi connectivity index (χ4n) is 2.89. The van der Waals surface area contributed by atoms with Crippen LogP contribution in [-0.2, 0) is 0 Å². The Hall–Kier alpha value is -1.06. The van der Waals surface area contributed by atoms with E-state index in [0.29, 0.717) is 0 Å². The molecule has 1 aliphatic heterocycles. The Balaban J connectivity index is 2.32. The van der Waals surface area contributed by atoms with Crippen molar-refractivity contribution in [2.45, 2.75) is 25.8 Å². The molecule has 3 heteroatoms. The third-order valence-electron chi connectivity index (χ3n) is 3.82. The van der Waals surface area contributed by atoms with E-state index in [1.54, 1.807) is 7.11 Å². The molecule has 1 aliphatic rings. The van der Waals surface area contributed by atoms with Gasteiger partial charge in [0.25, 0.3) is 0 Å². The van der Waals surface area contributed by atoms with E-state index in [4.69, 9.17) is 4.74 Å². The molecule has 0 aromatic heterocycles. The standard InChI is InChI=1S/C15H23NO2/c1-12(11-17)15(16-9-5-6-10-16)13-7-3-4-8-14(13)18-2/h3-4,7-8,12,15,17H,5-6,9-11H2,1-2H3. The van der Waals surface area contributed by atoms with Gasteiger partial charge in [-0.15, -0.1) is 0 Å². The van der Waals surface area contributed by atoms with Crippen LogP contribution in [0.1, 0.15) is 31.4 Å². The van der Waals surface area contributed by atoms with E-state index in [1.807, 2.05) is 18.2 Å². The predicted octanol–water partition coefficient (Wildman–Crippen LogP) is 2.46. The summed E-state index contributed by atoms with van der Waals surface area (Å²) < 4.78 is 5.47. The van der Waals surface area contributed by atoms with Crippen LogP contribution in [-0.4, -0.2) is 36.8 Å². The van der Waals surface area contributed by atoms with Gasteiger partial charge in [0.2, 0.25) is 0 Å². The summed E-state index contributed by atoms with van der Waals surface area (Å²) in [5.74, 6) is 1.15. The quantitative estimate of drug-likeness (QED) is 0.870. The van der Waals surface area contributed by atoms with Gasteiger partial charge in [0.15, 0.2) is 0 Å². The Bertz CT molecular complexity index is 375. The van der Waals surface area contributed by atoms with Crippen LogP contribution in [0.15, 0.2) is 24.3 Å². The first-order valence-electron chi connectivity index (χ1n) is 6.75. The summed E-state index contributed by atoms with van der Waals surface area (Å²) >= 11 is 0. The van der Waals surface area contributed by atoms with Gasteiger partial charge in [0, 0.05) is 18.2 Å². The van der Waals surface area contributed by atoms with Crippen LogP contribution in [0, 0.1) is 5.92 Å². The number of hydrogen-bond acceptors (Lipinski definition) is 3. The summed E-state index contributed by atoms with van der Waals surface area (Å²) in [7, 11) is 1.71. The van der Waals surface area contributed by atoms with Crippen LogP contribution in [0.3, 0.4) is 0 Å². The van der Waals surface area contributed by atoms with Gasteiger partial charge in [-0.2, -0.15) is 0 Å². The molecule has 0 bridgehead atoms. The maximum Gasteiger partial charge on any atom is 0.123 e. The van der Waals surface area contributed by atoms with Crippen molar-refractivity contribution in [3.63, 3.8) is 0 Å². The molecule has 2 rings (SSSR count). The van der Waals surface area contributed by atoms with E-state index in [-0.39, 0.29) is 18.6 Å². The fourth-order valence-corrected chi connectivity index (χ4v) is 2.89. The van der Waals surface area contributed by atoms with E-state index in [2.05, 4.69) is 17.9 Å². The maximum atomic E-state index is 9.52. The topological polar surface area (TPSA) is 32.7 Å². The van der Waals surface area contributed by atoms with E-state index in [0.717, 1.165) is 18.8 Å². The molecule has 18 heavy (non-hydrogen) atoms.